The highest BCUT2D eigenvalue weighted by Crippen LogP contribution is 2.35. The van der Waals surface area contributed by atoms with Gasteiger partial charge in [-0.15, -0.1) is 0 Å². The molecule has 0 fully saturated rings. The topological polar surface area (TPSA) is 122 Å². The van der Waals surface area contributed by atoms with E-state index in [0.717, 1.165) is 5.56 Å². The van der Waals surface area contributed by atoms with Gasteiger partial charge in [0, 0.05) is 28.6 Å². The number of nitrogens with one attached hydrogen (secondary N) is 3. The lowest BCUT2D eigenvalue weighted by atomic mass is 9.96. The van der Waals surface area contributed by atoms with E-state index in [1.807, 2.05) is 52.0 Å². The van der Waals surface area contributed by atoms with Gasteiger partial charge in [-0.1, -0.05) is 38.5 Å². The standard InChI is InChI=1S/C25H26FN7O/c1-14-5-7-15(8-6-14)29-24(34)30-16-9-10-18(26)17(13-16)20-21(19-11-12-28-23(27)31-19)33-22(32-20)25(2,3)4/h5-13H,1-4H3,(H,32,33)(H2,27,28,31)(H2,29,30,34). The summed E-state index contributed by atoms with van der Waals surface area (Å²) >= 11 is 0. The molecule has 2 amide bonds. The summed E-state index contributed by atoms with van der Waals surface area (Å²) in [6.07, 6.45) is 1.53. The fourth-order valence-electron chi connectivity index (χ4n) is 3.34. The van der Waals surface area contributed by atoms with Crippen LogP contribution in [0.25, 0.3) is 22.6 Å². The van der Waals surface area contributed by atoms with Crippen molar-refractivity contribution >= 4 is 23.4 Å². The van der Waals surface area contributed by atoms with Crippen LogP contribution < -0.4 is 16.4 Å². The number of hydrogen-bond acceptors (Lipinski definition) is 5. The number of rotatable bonds is 4. The molecule has 2 heterocycles. The molecule has 34 heavy (non-hydrogen) atoms. The zero-order valence-electron chi connectivity index (χ0n) is 19.4. The number of urea groups is 1. The van der Waals surface area contributed by atoms with Crippen LogP contribution in [0.2, 0.25) is 0 Å². The Hall–Kier alpha value is -4.27. The molecule has 4 aromatic rings. The number of aromatic amines is 1. The van der Waals surface area contributed by atoms with Crippen molar-refractivity contribution in [1.82, 2.24) is 19.9 Å². The summed E-state index contributed by atoms with van der Waals surface area (Å²) < 4.78 is 15.0. The van der Waals surface area contributed by atoms with Gasteiger partial charge in [-0.25, -0.2) is 24.1 Å². The molecule has 0 radical (unpaired) electrons. The smallest absolute Gasteiger partial charge is 0.323 e. The van der Waals surface area contributed by atoms with Crippen LogP contribution in [-0.2, 0) is 5.41 Å². The van der Waals surface area contributed by atoms with Gasteiger partial charge in [0.25, 0.3) is 0 Å². The lowest BCUT2D eigenvalue weighted by Gasteiger charge is -2.14. The Kier molecular flexibility index (Phi) is 6.02. The number of carbonyl (C=O) groups excluding carboxylic acids is 1. The molecule has 0 saturated carbocycles. The van der Waals surface area contributed by atoms with Crippen molar-refractivity contribution in [2.75, 3.05) is 16.4 Å². The summed E-state index contributed by atoms with van der Waals surface area (Å²) in [5.41, 5.74) is 9.17. The number of halogens is 1. The third-order valence-corrected chi connectivity index (χ3v) is 5.13. The Labute approximate surface area is 196 Å². The van der Waals surface area contributed by atoms with Gasteiger partial charge in [-0.05, 0) is 43.3 Å². The fraction of sp³-hybridized carbons (Fsp3) is 0.200. The van der Waals surface area contributed by atoms with Crippen molar-refractivity contribution in [3.63, 3.8) is 0 Å². The third-order valence-electron chi connectivity index (χ3n) is 5.13. The molecule has 0 saturated heterocycles. The highest BCUT2D eigenvalue weighted by molar-refractivity contribution is 6.00. The van der Waals surface area contributed by atoms with E-state index in [4.69, 9.17) is 5.73 Å². The maximum absolute atomic E-state index is 15.0. The van der Waals surface area contributed by atoms with Crippen LogP contribution in [0, 0.1) is 12.7 Å². The van der Waals surface area contributed by atoms with Crippen molar-refractivity contribution in [3.05, 3.63) is 71.9 Å². The lowest BCUT2D eigenvalue weighted by molar-refractivity contribution is 0.262. The van der Waals surface area contributed by atoms with E-state index in [2.05, 4.69) is 30.6 Å². The maximum atomic E-state index is 15.0. The van der Waals surface area contributed by atoms with Gasteiger partial charge in [0.2, 0.25) is 5.95 Å². The average molecular weight is 460 g/mol. The van der Waals surface area contributed by atoms with Crippen LogP contribution in [0.15, 0.2) is 54.7 Å². The predicted octanol–water partition coefficient (Wildman–Crippen LogP) is 5.50. The molecule has 0 unspecified atom stereocenters. The van der Waals surface area contributed by atoms with Gasteiger partial charge in [0.05, 0.1) is 11.4 Å². The number of hydrogen-bond donors (Lipinski definition) is 4. The molecule has 0 aliphatic carbocycles. The summed E-state index contributed by atoms with van der Waals surface area (Å²) in [7, 11) is 0. The summed E-state index contributed by atoms with van der Waals surface area (Å²) in [4.78, 5) is 28.6. The predicted molar refractivity (Wildman–Crippen MR) is 132 cm³/mol. The average Bonchev–Trinajstić information content (AvgIpc) is 3.23. The molecule has 0 aliphatic rings. The van der Waals surface area contributed by atoms with Crippen LogP contribution in [-0.4, -0.2) is 26.0 Å². The highest BCUT2D eigenvalue weighted by atomic mass is 19.1. The molecular weight excluding hydrogens is 433 g/mol. The van der Waals surface area contributed by atoms with Crippen LogP contribution >= 0.6 is 0 Å². The Balaban J connectivity index is 1.70. The second kappa shape index (κ2) is 8.93. The molecule has 9 heteroatoms. The van der Waals surface area contributed by atoms with Crippen LogP contribution in [0.3, 0.4) is 0 Å². The Morgan fingerprint density at radius 2 is 1.68 bits per heavy atom. The number of nitrogens with zero attached hydrogens (tertiary/aromatic N) is 3. The first-order valence-corrected chi connectivity index (χ1v) is 10.7. The minimum atomic E-state index is -0.486. The fourth-order valence-corrected chi connectivity index (χ4v) is 3.34. The number of nitrogen functional groups attached to an aromatic ring is 1. The van der Waals surface area contributed by atoms with Crippen molar-refractivity contribution in [1.29, 1.82) is 0 Å². The molecule has 0 aliphatic heterocycles. The number of carbonyl (C=O) groups is 1. The molecule has 4 rings (SSSR count). The zero-order chi connectivity index (χ0) is 24.5. The first-order chi connectivity index (χ1) is 16.1. The molecule has 0 spiro atoms. The Morgan fingerprint density at radius 1 is 1.00 bits per heavy atom. The quantitative estimate of drug-likeness (QED) is 0.321. The van der Waals surface area contributed by atoms with E-state index < -0.39 is 11.8 Å². The number of amides is 2. The Morgan fingerprint density at radius 3 is 2.35 bits per heavy atom. The number of aromatic nitrogens is 4. The van der Waals surface area contributed by atoms with Crippen molar-refractivity contribution in [3.8, 4) is 22.6 Å². The van der Waals surface area contributed by atoms with E-state index in [-0.39, 0.29) is 16.9 Å². The molecule has 5 N–H and O–H groups in total. The van der Waals surface area contributed by atoms with E-state index in [9.17, 15) is 4.79 Å². The highest BCUT2D eigenvalue weighted by Gasteiger charge is 2.25. The van der Waals surface area contributed by atoms with Crippen LogP contribution in [0.5, 0.6) is 0 Å². The van der Waals surface area contributed by atoms with E-state index in [0.29, 0.717) is 34.3 Å². The number of nitrogens with two attached hydrogens (primary N) is 1. The van der Waals surface area contributed by atoms with Crippen LogP contribution in [0.1, 0.15) is 32.2 Å². The minimum absolute atomic E-state index is 0.0963. The third kappa shape index (κ3) is 5.03. The largest absolute Gasteiger partial charge is 0.368 e. The van der Waals surface area contributed by atoms with Crippen molar-refractivity contribution < 1.29 is 9.18 Å². The molecule has 8 nitrogen and oxygen atoms in total. The number of imidazole rings is 1. The molecule has 0 atom stereocenters. The van der Waals surface area contributed by atoms with Gasteiger partial charge in [-0.2, -0.15) is 0 Å². The lowest BCUT2D eigenvalue weighted by Crippen LogP contribution is -2.19. The maximum Gasteiger partial charge on any atom is 0.323 e. The molecule has 0 bridgehead atoms. The van der Waals surface area contributed by atoms with Crippen LogP contribution in [0.4, 0.5) is 26.5 Å². The molecule has 2 aromatic carbocycles. The van der Waals surface area contributed by atoms with Gasteiger partial charge in [0.1, 0.15) is 17.3 Å². The summed E-state index contributed by atoms with van der Waals surface area (Å²) in [5, 5.41) is 5.51. The van der Waals surface area contributed by atoms with Gasteiger partial charge < -0.3 is 21.4 Å². The monoisotopic (exact) mass is 459 g/mol. The number of benzene rings is 2. The number of anilines is 3. The first kappa shape index (κ1) is 22.9. The van der Waals surface area contributed by atoms with Crippen molar-refractivity contribution in [2.45, 2.75) is 33.1 Å². The zero-order valence-corrected chi connectivity index (χ0v) is 19.4. The van der Waals surface area contributed by atoms with Crippen molar-refractivity contribution in [2.24, 2.45) is 0 Å². The van der Waals surface area contributed by atoms with E-state index >= 15 is 4.39 Å². The SMILES string of the molecule is Cc1ccc(NC(=O)Nc2ccc(F)c(-c3nc(C(C)(C)C)[nH]c3-c3ccnc(N)n3)c2)cc1. The summed E-state index contributed by atoms with van der Waals surface area (Å²) in [5.74, 6) is 0.267. The molecule has 174 valence electrons. The molecular formula is C25H26FN7O. The molecule has 2 aromatic heterocycles. The van der Waals surface area contributed by atoms with E-state index in [1.54, 1.807) is 12.1 Å². The van der Waals surface area contributed by atoms with Gasteiger partial charge in [0.15, 0.2) is 0 Å². The number of H-pyrrole nitrogens is 1. The minimum Gasteiger partial charge on any atom is -0.368 e. The second-order valence-corrected chi connectivity index (χ2v) is 9.00. The van der Waals surface area contributed by atoms with Gasteiger partial charge in [-0.3, -0.25) is 0 Å². The summed E-state index contributed by atoms with van der Waals surface area (Å²) in [6.45, 7) is 7.96. The normalized spacial score (nSPS) is 11.3. The Bertz CT molecular complexity index is 1340. The second-order valence-electron chi connectivity index (χ2n) is 9.00. The van der Waals surface area contributed by atoms with Gasteiger partial charge >= 0.3 is 6.03 Å². The van der Waals surface area contributed by atoms with E-state index in [1.165, 1.54) is 18.3 Å². The first-order valence-electron chi connectivity index (χ1n) is 10.7. The number of aryl methyl sites for hydroxylation is 1. The summed E-state index contributed by atoms with van der Waals surface area (Å²) in [6, 6.07) is 13.0.